The Morgan fingerprint density at radius 3 is 2.78 bits per heavy atom. The lowest BCUT2D eigenvalue weighted by molar-refractivity contribution is 0.126. The van der Waals surface area contributed by atoms with Gasteiger partial charge in [0.2, 0.25) is 0 Å². The Kier molecular flexibility index (Phi) is 4.30. The predicted octanol–water partition coefficient (Wildman–Crippen LogP) is 2.38. The van der Waals surface area contributed by atoms with E-state index < -0.39 is 11.6 Å². The third kappa shape index (κ3) is 3.06. The molecule has 1 aliphatic rings. The van der Waals surface area contributed by atoms with Crippen LogP contribution in [0.5, 0.6) is 0 Å². The molecule has 4 heteroatoms. The molecule has 0 radical (unpaired) electrons. The minimum Gasteiger partial charge on any atom is -0.330 e. The summed E-state index contributed by atoms with van der Waals surface area (Å²) < 4.78 is 26.0. The second kappa shape index (κ2) is 5.76. The Bertz CT molecular complexity index is 409. The molecule has 2 unspecified atom stereocenters. The third-order valence-corrected chi connectivity index (χ3v) is 3.89. The summed E-state index contributed by atoms with van der Waals surface area (Å²) in [6.45, 7) is 5.52. The molecule has 1 aromatic rings. The fourth-order valence-corrected chi connectivity index (χ4v) is 2.57. The molecule has 1 fully saturated rings. The molecule has 2 nitrogen and oxygen atoms in total. The van der Waals surface area contributed by atoms with Crippen molar-refractivity contribution in [1.82, 2.24) is 4.90 Å². The molecule has 2 atom stereocenters. The summed E-state index contributed by atoms with van der Waals surface area (Å²) in [5.74, 6) is -0.403. The number of rotatable bonds is 3. The van der Waals surface area contributed by atoms with E-state index in [9.17, 15) is 8.78 Å². The van der Waals surface area contributed by atoms with Crippen LogP contribution in [0.3, 0.4) is 0 Å². The molecule has 100 valence electrons. The van der Waals surface area contributed by atoms with Gasteiger partial charge in [0, 0.05) is 13.1 Å². The Hall–Kier alpha value is -1.00. The molecule has 0 saturated carbocycles. The number of nitrogens with two attached hydrogens (primary N) is 1. The highest BCUT2D eigenvalue weighted by Gasteiger charge is 2.25. The van der Waals surface area contributed by atoms with Gasteiger partial charge in [0.15, 0.2) is 11.6 Å². The van der Waals surface area contributed by atoms with Crippen molar-refractivity contribution in [2.75, 3.05) is 19.6 Å². The number of benzene rings is 1. The molecule has 2 rings (SSSR count). The van der Waals surface area contributed by atoms with Gasteiger partial charge in [0.05, 0.1) is 0 Å². The topological polar surface area (TPSA) is 29.3 Å². The lowest BCUT2D eigenvalue weighted by Crippen LogP contribution is -2.42. The second-order valence-electron chi connectivity index (χ2n) is 5.25. The monoisotopic (exact) mass is 254 g/mol. The summed E-state index contributed by atoms with van der Waals surface area (Å²) in [6.07, 6.45) is 1.12. The Morgan fingerprint density at radius 2 is 2.11 bits per heavy atom. The molecule has 2 N–H and O–H groups in total. The van der Waals surface area contributed by atoms with Crippen molar-refractivity contribution in [3.63, 3.8) is 0 Å². The molecule has 1 aliphatic heterocycles. The van der Waals surface area contributed by atoms with E-state index in [0.717, 1.165) is 25.1 Å². The minimum absolute atomic E-state index is 0.504. The largest absolute Gasteiger partial charge is 0.330 e. The van der Waals surface area contributed by atoms with Crippen LogP contribution >= 0.6 is 0 Å². The van der Waals surface area contributed by atoms with Gasteiger partial charge in [-0.15, -0.1) is 0 Å². The van der Waals surface area contributed by atoms with Gasteiger partial charge in [-0.3, -0.25) is 4.90 Å². The molecule has 1 saturated heterocycles. The summed E-state index contributed by atoms with van der Waals surface area (Å²) in [5.41, 5.74) is 6.58. The van der Waals surface area contributed by atoms with Crippen LogP contribution in [0.15, 0.2) is 18.2 Å². The molecule has 0 bridgehead atoms. The van der Waals surface area contributed by atoms with Crippen molar-refractivity contribution in [3.8, 4) is 0 Å². The summed E-state index contributed by atoms with van der Waals surface area (Å²) in [7, 11) is 0. The number of piperidine rings is 1. The number of hydrogen-bond acceptors (Lipinski definition) is 2. The van der Waals surface area contributed by atoms with E-state index in [1.165, 1.54) is 12.1 Å². The van der Waals surface area contributed by atoms with Crippen LogP contribution < -0.4 is 5.73 Å². The van der Waals surface area contributed by atoms with Crippen LogP contribution in [0, 0.1) is 23.5 Å². The van der Waals surface area contributed by atoms with Crippen LogP contribution in [0.25, 0.3) is 0 Å². The molecule has 0 spiro atoms. The maximum absolute atomic E-state index is 13.1. The number of halogens is 2. The first-order valence-electron chi connectivity index (χ1n) is 6.46. The first-order valence-corrected chi connectivity index (χ1v) is 6.46. The van der Waals surface area contributed by atoms with Gasteiger partial charge in [-0.1, -0.05) is 13.0 Å². The van der Waals surface area contributed by atoms with E-state index in [2.05, 4.69) is 11.8 Å². The van der Waals surface area contributed by atoms with Crippen molar-refractivity contribution in [2.24, 2.45) is 17.6 Å². The highest BCUT2D eigenvalue weighted by atomic mass is 19.2. The van der Waals surface area contributed by atoms with Gasteiger partial charge in [-0.05, 0) is 49.0 Å². The average molecular weight is 254 g/mol. The molecule has 1 aromatic carbocycles. The summed E-state index contributed by atoms with van der Waals surface area (Å²) in [4.78, 5) is 2.27. The Balaban J connectivity index is 1.99. The van der Waals surface area contributed by atoms with Crippen molar-refractivity contribution >= 4 is 0 Å². The van der Waals surface area contributed by atoms with Crippen molar-refractivity contribution < 1.29 is 8.78 Å². The van der Waals surface area contributed by atoms with Gasteiger partial charge in [0.25, 0.3) is 0 Å². The SMILES string of the molecule is CC1CCN(Cc2ccc(F)c(F)c2)CC1CN. The first-order chi connectivity index (χ1) is 8.60. The van der Waals surface area contributed by atoms with E-state index in [1.807, 2.05) is 0 Å². The van der Waals surface area contributed by atoms with E-state index in [1.54, 1.807) is 6.07 Å². The third-order valence-electron chi connectivity index (χ3n) is 3.89. The maximum atomic E-state index is 13.1. The minimum atomic E-state index is -0.786. The van der Waals surface area contributed by atoms with E-state index in [0.29, 0.717) is 24.9 Å². The molecular weight excluding hydrogens is 234 g/mol. The zero-order valence-electron chi connectivity index (χ0n) is 10.7. The first kappa shape index (κ1) is 13.4. The average Bonchev–Trinajstić information content (AvgIpc) is 2.36. The molecule has 1 heterocycles. The molecule has 0 aromatic heterocycles. The van der Waals surface area contributed by atoms with Crippen molar-refractivity contribution in [1.29, 1.82) is 0 Å². The van der Waals surface area contributed by atoms with Gasteiger partial charge in [-0.25, -0.2) is 8.78 Å². The van der Waals surface area contributed by atoms with Crippen LogP contribution in [0.4, 0.5) is 8.78 Å². The standard InChI is InChI=1S/C14H20F2N2/c1-10-4-5-18(9-12(10)7-17)8-11-2-3-13(15)14(16)6-11/h2-3,6,10,12H,4-5,7-9,17H2,1H3. The predicted molar refractivity (Wildman–Crippen MR) is 68.0 cm³/mol. The summed E-state index contributed by atoms with van der Waals surface area (Å²) >= 11 is 0. The van der Waals surface area contributed by atoms with E-state index >= 15 is 0 Å². The molecular formula is C14H20F2N2. The van der Waals surface area contributed by atoms with Crippen molar-refractivity contribution in [3.05, 3.63) is 35.4 Å². The zero-order valence-corrected chi connectivity index (χ0v) is 10.7. The number of likely N-dealkylation sites (tertiary alicyclic amines) is 1. The molecule has 0 aliphatic carbocycles. The van der Waals surface area contributed by atoms with Crippen LogP contribution in [0.1, 0.15) is 18.9 Å². The summed E-state index contributed by atoms with van der Waals surface area (Å²) in [6, 6.07) is 4.12. The smallest absolute Gasteiger partial charge is 0.159 e. The van der Waals surface area contributed by atoms with Crippen LogP contribution in [-0.2, 0) is 6.54 Å². The number of hydrogen-bond donors (Lipinski definition) is 1. The van der Waals surface area contributed by atoms with E-state index in [-0.39, 0.29) is 0 Å². The highest BCUT2D eigenvalue weighted by Crippen LogP contribution is 2.23. The van der Waals surface area contributed by atoms with Gasteiger partial charge in [0.1, 0.15) is 0 Å². The molecule has 0 amide bonds. The van der Waals surface area contributed by atoms with Gasteiger partial charge < -0.3 is 5.73 Å². The summed E-state index contributed by atoms with van der Waals surface area (Å²) in [5, 5.41) is 0. The normalized spacial score (nSPS) is 25.3. The Morgan fingerprint density at radius 1 is 1.33 bits per heavy atom. The lowest BCUT2D eigenvalue weighted by Gasteiger charge is -2.36. The Labute approximate surface area is 107 Å². The maximum Gasteiger partial charge on any atom is 0.159 e. The van der Waals surface area contributed by atoms with Crippen LogP contribution in [-0.4, -0.2) is 24.5 Å². The quantitative estimate of drug-likeness (QED) is 0.897. The van der Waals surface area contributed by atoms with Crippen molar-refractivity contribution in [2.45, 2.75) is 19.9 Å². The number of nitrogens with zero attached hydrogens (tertiary/aromatic N) is 1. The fourth-order valence-electron chi connectivity index (χ4n) is 2.57. The van der Waals surface area contributed by atoms with E-state index in [4.69, 9.17) is 5.73 Å². The van der Waals surface area contributed by atoms with Gasteiger partial charge >= 0.3 is 0 Å². The van der Waals surface area contributed by atoms with Crippen LogP contribution in [0.2, 0.25) is 0 Å². The lowest BCUT2D eigenvalue weighted by atomic mass is 9.87. The fraction of sp³-hybridized carbons (Fsp3) is 0.571. The highest BCUT2D eigenvalue weighted by molar-refractivity contribution is 5.17. The second-order valence-corrected chi connectivity index (χ2v) is 5.25. The van der Waals surface area contributed by atoms with Gasteiger partial charge in [-0.2, -0.15) is 0 Å². The molecule has 18 heavy (non-hydrogen) atoms. The zero-order chi connectivity index (χ0) is 13.1.